The summed E-state index contributed by atoms with van der Waals surface area (Å²) in [5.74, 6) is -0.255. The number of carbonyl (C=O) groups is 2. The van der Waals surface area contributed by atoms with Crippen LogP contribution in [-0.2, 0) is 16.0 Å². The van der Waals surface area contributed by atoms with E-state index >= 15 is 0 Å². The number of aliphatic carboxylic acids is 1. The van der Waals surface area contributed by atoms with Gasteiger partial charge in [0.25, 0.3) is 0 Å². The molecule has 1 aromatic rings. The number of hydrogen-bond donors (Lipinski definition) is 2. The third-order valence-corrected chi connectivity index (χ3v) is 3.60. The van der Waals surface area contributed by atoms with E-state index in [1.165, 1.54) is 6.42 Å². The first-order valence-corrected chi connectivity index (χ1v) is 6.74. The zero-order valence-electron chi connectivity index (χ0n) is 10.9. The standard InChI is InChI=1S/C15H19NO3/c17-14(10-11-4-3-5-11)16-13-7-2-1-6-12(13)8-9-15(18)19/h1-2,6-7,11H,3-5,8-10H2,(H,16,17)(H,18,19). The Morgan fingerprint density at radius 3 is 2.63 bits per heavy atom. The van der Waals surface area contributed by atoms with Crippen LogP contribution in [0.1, 0.15) is 37.7 Å². The second-order valence-electron chi connectivity index (χ2n) is 5.10. The summed E-state index contributed by atoms with van der Waals surface area (Å²) in [7, 11) is 0. The average Bonchev–Trinajstić information content (AvgIpc) is 2.33. The monoisotopic (exact) mass is 261 g/mol. The first-order chi connectivity index (χ1) is 9.15. The summed E-state index contributed by atoms with van der Waals surface area (Å²) in [5.41, 5.74) is 1.62. The lowest BCUT2D eigenvalue weighted by Crippen LogP contribution is -2.21. The van der Waals surface area contributed by atoms with E-state index in [0.29, 0.717) is 18.8 Å². The molecular formula is C15H19NO3. The first kappa shape index (κ1) is 13.6. The fourth-order valence-electron chi connectivity index (χ4n) is 2.26. The summed E-state index contributed by atoms with van der Waals surface area (Å²) in [6.45, 7) is 0. The van der Waals surface area contributed by atoms with Crippen LogP contribution in [0.2, 0.25) is 0 Å². The topological polar surface area (TPSA) is 66.4 Å². The van der Waals surface area contributed by atoms with Gasteiger partial charge in [-0.2, -0.15) is 0 Å². The van der Waals surface area contributed by atoms with Crippen molar-refractivity contribution in [3.8, 4) is 0 Å². The zero-order chi connectivity index (χ0) is 13.7. The molecule has 0 aromatic heterocycles. The van der Waals surface area contributed by atoms with E-state index in [4.69, 9.17) is 5.11 Å². The Bertz CT molecular complexity index is 466. The van der Waals surface area contributed by atoms with Crippen molar-refractivity contribution in [3.63, 3.8) is 0 Å². The molecule has 2 rings (SSSR count). The molecule has 1 fully saturated rings. The van der Waals surface area contributed by atoms with Crippen LogP contribution in [0, 0.1) is 5.92 Å². The lowest BCUT2D eigenvalue weighted by atomic mass is 9.83. The third-order valence-electron chi connectivity index (χ3n) is 3.60. The van der Waals surface area contributed by atoms with E-state index in [9.17, 15) is 9.59 Å². The Balaban J connectivity index is 1.94. The highest BCUT2D eigenvalue weighted by molar-refractivity contribution is 5.91. The lowest BCUT2D eigenvalue weighted by molar-refractivity contribution is -0.137. The zero-order valence-corrected chi connectivity index (χ0v) is 10.9. The van der Waals surface area contributed by atoms with Gasteiger partial charge in [-0.15, -0.1) is 0 Å². The van der Waals surface area contributed by atoms with Gasteiger partial charge in [-0.1, -0.05) is 24.6 Å². The van der Waals surface area contributed by atoms with Crippen molar-refractivity contribution in [1.82, 2.24) is 0 Å². The summed E-state index contributed by atoms with van der Waals surface area (Å²) in [6.07, 6.45) is 4.62. The number of benzene rings is 1. The van der Waals surface area contributed by atoms with Crippen molar-refractivity contribution in [2.75, 3.05) is 5.32 Å². The number of para-hydroxylation sites is 1. The third kappa shape index (κ3) is 4.09. The fraction of sp³-hybridized carbons (Fsp3) is 0.467. The van der Waals surface area contributed by atoms with Crippen LogP contribution in [-0.4, -0.2) is 17.0 Å². The molecule has 0 saturated heterocycles. The van der Waals surface area contributed by atoms with Crippen molar-refractivity contribution >= 4 is 17.6 Å². The molecular weight excluding hydrogens is 242 g/mol. The highest BCUT2D eigenvalue weighted by Crippen LogP contribution is 2.29. The number of nitrogens with one attached hydrogen (secondary N) is 1. The number of rotatable bonds is 6. The number of carboxylic acids is 1. The Labute approximate surface area is 112 Å². The largest absolute Gasteiger partial charge is 0.481 e. The average molecular weight is 261 g/mol. The van der Waals surface area contributed by atoms with Gasteiger partial charge in [0.15, 0.2) is 0 Å². The summed E-state index contributed by atoms with van der Waals surface area (Å²) >= 11 is 0. The maximum Gasteiger partial charge on any atom is 0.303 e. The minimum atomic E-state index is -0.824. The predicted molar refractivity (Wildman–Crippen MR) is 73.0 cm³/mol. The summed E-state index contributed by atoms with van der Waals surface area (Å²) in [6, 6.07) is 7.40. The van der Waals surface area contributed by atoms with Gasteiger partial charge in [0.1, 0.15) is 0 Å². The molecule has 0 spiro atoms. The number of carboxylic acid groups (broad SMARTS) is 1. The smallest absolute Gasteiger partial charge is 0.303 e. The number of aryl methyl sites for hydroxylation is 1. The van der Waals surface area contributed by atoms with E-state index in [1.807, 2.05) is 24.3 Å². The molecule has 0 atom stereocenters. The van der Waals surface area contributed by atoms with Gasteiger partial charge in [-0.05, 0) is 36.8 Å². The quantitative estimate of drug-likeness (QED) is 0.827. The van der Waals surface area contributed by atoms with Gasteiger partial charge < -0.3 is 10.4 Å². The van der Waals surface area contributed by atoms with Gasteiger partial charge >= 0.3 is 5.97 Å². The van der Waals surface area contributed by atoms with Gasteiger partial charge in [0.2, 0.25) is 5.91 Å². The van der Waals surface area contributed by atoms with Crippen LogP contribution < -0.4 is 5.32 Å². The van der Waals surface area contributed by atoms with Crippen LogP contribution in [0.5, 0.6) is 0 Å². The molecule has 4 heteroatoms. The molecule has 0 heterocycles. The minimum absolute atomic E-state index is 0.0347. The summed E-state index contributed by atoms with van der Waals surface area (Å²) in [5, 5.41) is 11.6. The molecule has 1 aliphatic carbocycles. The van der Waals surface area contributed by atoms with E-state index in [1.54, 1.807) is 0 Å². The van der Waals surface area contributed by atoms with Gasteiger partial charge in [-0.3, -0.25) is 9.59 Å². The fourth-order valence-corrected chi connectivity index (χ4v) is 2.26. The highest BCUT2D eigenvalue weighted by Gasteiger charge is 2.20. The number of hydrogen-bond acceptors (Lipinski definition) is 2. The SMILES string of the molecule is O=C(O)CCc1ccccc1NC(=O)CC1CCC1. The highest BCUT2D eigenvalue weighted by atomic mass is 16.4. The molecule has 1 aromatic carbocycles. The van der Waals surface area contributed by atoms with Gasteiger partial charge in [-0.25, -0.2) is 0 Å². The summed E-state index contributed by atoms with van der Waals surface area (Å²) in [4.78, 5) is 22.5. The van der Waals surface area contributed by atoms with Gasteiger partial charge in [0, 0.05) is 18.5 Å². The van der Waals surface area contributed by atoms with Crippen LogP contribution in [0.15, 0.2) is 24.3 Å². The number of amides is 1. The van der Waals surface area contributed by atoms with E-state index in [-0.39, 0.29) is 12.3 Å². The molecule has 4 nitrogen and oxygen atoms in total. The van der Waals surface area contributed by atoms with E-state index in [2.05, 4.69) is 5.32 Å². The van der Waals surface area contributed by atoms with Crippen molar-refractivity contribution in [1.29, 1.82) is 0 Å². The molecule has 0 unspecified atom stereocenters. The van der Waals surface area contributed by atoms with Gasteiger partial charge in [0.05, 0.1) is 0 Å². The lowest BCUT2D eigenvalue weighted by Gasteiger charge is -2.24. The normalized spacial score (nSPS) is 14.7. The first-order valence-electron chi connectivity index (χ1n) is 6.74. The van der Waals surface area contributed by atoms with Crippen molar-refractivity contribution < 1.29 is 14.7 Å². The molecule has 2 N–H and O–H groups in total. The summed E-state index contributed by atoms with van der Waals surface area (Å²) < 4.78 is 0. The van der Waals surface area contributed by atoms with E-state index < -0.39 is 5.97 Å². The van der Waals surface area contributed by atoms with Crippen molar-refractivity contribution in [3.05, 3.63) is 29.8 Å². The van der Waals surface area contributed by atoms with Crippen LogP contribution in [0.3, 0.4) is 0 Å². The second kappa shape index (κ2) is 6.36. The minimum Gasteiger partial charge on any atom is -0.481 e. The number of carbonyl (C=O) groups excluding carboxylic acids is 1. The molecule has 102 valence electrons. The molecule has 1 saturated carbocycles. The molecule has 0 aliphatic heterocycles. The maximum atomic E-state index is 11.9. The molecule has 1 amide bonds. The van der Waals surface area contributed by atoms with Crippen LogP contribution >= 0.6 is 0 Å². The number of anilines is 1. The van der Waals surface area contributed by atoms with E-state index in [0.717, 1.165) is 24.1 Å². The molecule has 0 bridgehead atoms. The molecule has 0 radical (unpaired) electrons. The van der Waals surface area contributed by atoms with Crippen LogP contribution in [0.25, 0.3) is 0 Å². The predicted octanol–water partition coefficient (Wildman–Crippen LogP) is 2.83. The Kier molecular flexibility index (Phi) is 4.55. The van der Waals surface area contributed by atoms with Crippen molar-refractivity contribution in [2.45, 2.75) is 38.5 Å². The molecule has 1 aliphatic rings. The Morgan fingerprint density at radius 1 is 1.26 bits per heavy atom. The maximum absolute atomic E-state index is 11.9. The molecule has 19 heavy (non-hydrogen) atoms. The second-order valence-corrected chi connectivity index (χ2v) is 5.10. The Morgan fingerprint density at radius 2 is 2.00 bits per heavy atom. The van der Waals surface area contributed by atoms with Crippen LogP contribution in [0.4, 0.5) is 5.69 Å². The van der Waals surface area contributed by atoms with Crippen molar-refractivity contribution in [2.24, 2.45) is 5.92 Å². The Hall–Kier alpha value is -1.84.